The van der Waals surface area contributed by atoms with Gasteiger partial charge in [0, 0.05) is 29.9 Å². The van der Waals surface area contributed by atoms with Gasteiger partial charge >= 0.3 is 11.9 Å². The summed E-state index contributed by atoms with van der Waals surface area (Å²) in [5, 5.41) is 3.10. The van der Waals surface area contributed by atoms with E-state index in [1.54, 1.807) is 23.9 Å². The molecule has 26 heavy (non-hydrogen) atoms. The molecule has 1 aliphatic rings. The molecule has 0 radical (unpaired) electrons. The maximum atomic E-state index is 12.4. The number of hydrogen-bond acceptors (Lipinski definition) is 6. The van der Waals surface area contributed by atoms with Crippen LogP contribution in [-0.4, -0.2) is 48.1 Å². The molecule has 7 heteroatoms. The fourth-order valence-electron chi connectivity index (χ4n) is 2.96. The Morgan fingerprint density at radius 2 is 1.92 bits per heavy atom. The quantitative estimate of drug-likeness (QED) is 0.552. The van der Waals surface area contributed by atoms with Crippen molar-refractivity contribution in [2.24, 2.45) is 0 Å². The predicted molar refractivity (Wildman–Crippen MR) is 100.0 cm³/mol. The monoisotopic (exact) mass is 379 g/mol. The third kappa shape index (κ3) is 6.05. The third-order valence-corrected chi connectivity index (χ3v) is 5.74. The van der Waals surface area contributed by atoms with E-state index in [9.17, 15) is 14.4 Å². The van der Waals surface area contributed by atoms with Crippen molar-refractivity contribution >= 4 is 29.6 Å². The van der Waals surface area contributed by atoms with Gasteiger partial charge in [-0.15, -0.1) is 0 Å². The first kappa shape index (κ1) is 20.3. The lowest BCUT2D eigenvalue weighted by molar-refractivity contribution is -0.147. The maximum Gasteiger partial charge on any atom is 0.305 e. The van der Waals surface area contributed by atoms with Gasteiger partial charge in [0.15, 0.2) is 0 Å². The summed E-state index contributed by atoms with van der Waals surface area (Å²) < 4.78 is 10.1. The van der Waals surface area contributed by atoms with Gasteiger partial charge in [-0.1, -0.05) is 24.6 Å². The fraction of sp³-hybridized carbons (Fsp3) is 0.526. The Bertz CT molecular complexity index is 622. The van der Waals surface area contributed by atoms with Crippen LogP contribution in [0.4, 0.5) is 0 Å². The van der Waals surface area contributed by atoms with E-state index in [2.05, 4.69) is 10.1 Å². The van der Waals surface area contributed by atoms with Gasteiger partial charge in [0.05, 0.1) is 13.2 Å². The third-order valence-electron chi connectivity index (χ3n) is 4.25. The minimum absolute atomic E-state index is 0.109. The van der Waals surface area contributed by atoms with Crippen LogP contribution in [0.2, 0.25) is 0 Å². The highest BCUT2D eigenvalue weighted by Crippen LogP contribution is 2.33. The molecule has 1 amide bonds. The molecule has 1 aliphatic heterocycles. The van der Waals surface area contributed by atoms with Crippen LogP contribution in [-0.2, 0) is 19.1 Å². The molecule has 0 unspecified atom stereocenters. The van der Waals surface area contributed by atoms with Crippen molar-refractivity contribution in [3.63, 3.8) is 0 Å². The lowest BCUT2D eigenvalue weighted by Gasteiger charge is -2.24. The van der Waals surface area contributed by atoms with E-state index in [0.29, 0.717) is 17.7 Å². The lowest BCUT2D eigenvalue weighted by Crippen LogP contribution is -2.46. The number of nitrogens with one attached hydrogen (secondary N) is 1. The summed E-state index contributed by atoms with van der Waals surface area (Å²) >= 11 is 1.69. The summed E-state index contributed by atoms with van der Waals surface area (Å²) in [4.78, 5) is 35.1. The summed E-state index contributed by atoms with van der Waals surface area (Å²) in [5.74, 6) is -0.0395. The SMILES string of the molecule is COC(=O)CCCC[C@@H]1SC[C@H](NC(=O)c2ccccc2)[C@H]1OC(C)=O. The summed E-state index contributed by atoms with van der Waals surface area (Å²) in [6.45, 7) is 1.38. The molecule has 0 aromatic heterocycles. The predicted octanol–water partition coefficient (Wildman–Crippen LogP) is 2.57. The Hall–Kier alpha value is -2.02. The molecular formula is C19H25NO5S. The summed E-state index contributed by atoms with van der Waals surface area (Å²) in [7, 11) is 1.38. The highest BCUT2D eigenvalue weighted by molar-refractivity contribution is 8.00. The lowest BCUT2D eigenvalue weighted by atomic mass is 10.0. The number of benzene rings is 1. The van der Waals surface area contributed by atoms with E-state index in [1.165, 1.54) is 14.0 Å². The van der Waals surface area contributed by atoms with Gasteiger partial charge in [-0.3, -0.25) is 14.4 Å². The maximum absolute atomic E-state index is 12.4. The minimum atomic E-state index is -0.358. The van der Waals surface area contributed by atoms with Crippen molar-refractivity contribution in [1.29, 1.82) is 0 Å². The normalized spacial score (nSPS) is 21.8. The van der Waals surface area contributed by atoms with E-state index in [4.69, 9.17) is 4.74 Å². The number of hydrogen-bond donors (Lipinski definition) is 1. The molecule has 0 saturated carbocycles. The molecule has 1 heterocycles. The highest BCUT2D eigenvalue weighted by Gasteiger charge is 2.39. The van der Waals surface area contributed by atoms with E-state index in [-0.39, 0.29) is 35.2 Å². The number of carbonyl (C=O) groups is 3. The second-order valence-electron chi connectivity index (χ2n) is 6.21. The fourth-order valence-corrected chi connectivity index (χ4v) is 4.45. The van der Waals surface area contributed by atoms with Crippen LogP contribution in [0, 0.1) is 0 Å². The molecule has 1 aromatic carbocycles. The topological polar surface area (TPSA) is 81.7 Å². The van der Waals surface area contributed by atoms with Crippen molar-refractivity contribution in [3.8, 4) is 0 Å². The number of thioether (sulfide) groups is 1. The number of rotatable bonds is 8. The second kappa shape index (κ2) is 10.2. The molecule has 1 saturated heterocycles. The smallest absolute Gasteiger partial charge is 0.305 e. The Morgan fingerprint density at radius 3 is 2.58 bits per heavy atom. The number of methoxy groups -OCH3 is 1. The first-order valence-electron chi connectivity index (χ1n) is 8.73. The van der Waals surface area contributed by atoms with Crippen LogP contribution >= 0.6 is 11.8 Å². The van der Waals surface area contributed by atoms with Crippen molar-refractivity contribution in [2.45, 2.75) is 50.0 Å². The second-order valence-corrected chi connectivity index (χ2v) is 7.49. The molecule has 3 atom stereocenters. The number of carbonyl (C=O) groups excluding carboxylic acids is 3. The number of amides is 1. The van der Waals surface area contributed by atoms with E-state index >= 15 is 0 Å². The van der Waals surface area contributed by atoms with Crippen molar-refractivity contribution in [2.75, 3.05) is 12.9 Å². The average Bonchev–Trinajstić information content (AvgIpc) is 3.00. The summed E-state index contributed by atoms with van der Waals surface area (Å²) in [5.41, 5.74) is 0.584. The molecule has 1 aromatic rings. The Balaban J connectivity index is 1.91. The van der Waals surface area contributed by atoms with Gasteiger partial charge in [-0.25, -0.2) is 0 Å². The van der Waals surface area contributed by atoms with Gasteiger partial charge in [0.2, 0.25) is 0 Å². The van der Waals surface area contributed by atoms with Gasteiger partial charge in [0.1, 0.15) is 6.10 Å². The van der Waals surface area contributed by atoms with Crippen LogP contribution in [0.15, 0.2) is 30.3 Å². The average molecular weight is 379 g/mol. The first-order chi connectivity index (χ1) is 12.5. The van der Waals surface area contributed by atoms with E-state index in [1.807, 2.05) is 18.2 Å². The standard InChI is InChI=1S/C19H25NO5S/c1-13(21)25-18-15(20-19(23)14-8-4-3-5-9-14)12-26-16(18)10-6-7-11-17(22)24-2/h3-5,8-9,15-16,18H,6-7,10-12H2,1-2H3,(H,20,23)/t15-,16-,18+/m0/s1. The molecular weight excluding hydrogens is 354 g/mol. The Kier molecular flexibility index (Phi) is 7.97. The van der Waals surface area contributed by atoms with E-state index < -0.39 is 0 Å². The molecule has 0 spiro atoms. The van der Waals surface area contributed by atoms with Gasteiger partial charge in [-0.05, 0) is 25.0 Å². The summed E-state index contributed by atoms with van der Waals surface area (Å²) in [6, 6.07) is 8.76. The molecule has 0 aliphatic carbocycles. The Labute approximate surface area is 158 Å². The van der Waals surface area contributed by atoms with Crippen LogP contribution in [0.5, 0.6) is 0 Å². The van der Waals surface area contributed by atoms with Gasteiger partial charge in [0.25, 0.3) is 5.91 Å². The molecule has 1 N–H and O–H groups in total. The van der Waals surface area contributed by atoms with Crippen molar-refractivity contribution in [3.05, 3.63) is 35.9 Å². The molecule has 2 rings (SSSR count). The number of ether oxygens (including phenoxy) is 2. The van der Waals surface area contributed by atoms with Gasteiger partial charge in [-0.2, -0.15) is 11.8 Å². The first-order valence-corrected chi connectivity index (χ1v) is 9.77. The largest absolute Gasteiger partial charge is 0.469 e. The van der Waals surface area contributed by atoms with Crippen LogP contribution < -0.4 is 5.32 Å². The zero-order valence-electron chi connectivity index (χ0n) is 15.1. The van der Waals surface area contributed by atoms with Crippen LogP contribution in [0.25, 0.3) is 0 Å². The Morgan fingerprint density at radius 1 is 1.19 bits per heavy atom. The molecule has 0 bridgehead atoms. The summed E-state index contributed by atoms with van der Waals surface area (Å²) in [6.07, 6.45) is 2.42. The number of unbranched alkanes of at least 4 members (excludes halogenated alkanes) is 1. The minimum Gasteiger partial charge on any atom is -0.469 e. The molecule has 142 valence electrons. The van der Waals surface area contributed by atoms with Crippen molar-refractivity contribution < 1.29 is 23.9 Å². The zero-order chi connectivity index (χ0) is 18.9. The number of esters is 2. The highest BCUT2D eigenvalue weighted by atomic mass is 32.2. The van der Waals surface area contributed by atoms with Gasteiger partial charge < -0.3 is 14.8 Å². The molecule has 1 fully saturated rings. The van der Waals surface area contributed by atoms with Crippen LogP contribution in [0.1, 0.15) is 43.0 Å². The van der Waals surface area contributed by atoms with E-state index in [0.717, 1.165) is 19.3 Å². The zero-order valence-corrected chi connectivity index (χ0v) is 15.9. The van der Waals surface area contributed by atoms with Crippen LogP contribution in [0.3, 0.4) is 0 Å². The molecule has 6 nitrogen and oxygen atoms in total. The van der Waals surface area contributed by atoms with Crippen molar-refractivity contribution in [1.82, 2.24) is 5.32 Å².